The van der Waals surface area contributed by atoms with Crippen LogP contribution in [0.5, 0.6) is 5.75 Å². The van der Waals surface area contributed by atoms with Crippen molar-refractivity contribution in [3.8, 4) is 5.75 Å². The number of carbonyl (C=O) groups excluding carboxylic acids is 1. The van der Waals surface area contributed by atoms with Gasteiger partial charge in [-0.1, -0.05) is 37.3 Å². The molecule has 118 valence electrons. The third-order valence-electron chi connectivity index (χ3n) is 5.28. The van der Waals surface area contributed by atoms with Gasteiger partial charge in [0.05, 0.1) is 6.57 Å². The molecule has 0 bridgehead atoms. The first-order valence-electron chi connectivity index (χ1n) is 8.11. The van der Waals surface area contributed by atoms with Crippen molar-refractivity contribution >= 4 is 11.9 Å². The van der Waals surface area contributed by atoms with E-state index in [1.165, 1.54) is 0 Å². The molecule has 0 aliphatic heterocycles. The number of carbonyl (C=O) groups is 1. The number of aromatic hydroxyl groups is 1. The van der Waals surface area contributed by atoms with Gasteiger partial charge in [0.1, 0.15) is 5.75 Å². The lowest BCUT2D eigenvalue weighted by atomic mass is 9.60. The quantitative estimate of drug-likeness (QED) is 0.811. The first-order chi connectivity index (χ1) is 11.0. The summed E-state index contributed by atoms with van der Waals surface area (Å²) >= 11 is 0. The number of benzene rings is 1. The highest BCUT2D eigenvalue weighted by Crippen LogP contribution is 2.50. The van der Waals surface area contributed by atoms with Crippen LogP contribution in [0.4, 0.5) is 0 Å². The van der Waals surface area contributed by atoms with Gasteiger partial charge in [0.15, 0.2) is 5.78 Å². The summed E-state index contributed by atoms with van der Waals surface area (Å²) in [7, 11) is 0. The second-order valence-corrected chi connectivity index (χ2v) is 6.96. The van der Waals surface area contributed by atoms with Gasteiger partial charge in [-0.05, 0) is 54.2 Å². The van der Waals surface area contributed by atoms with Crippen LogP contribution in [0.15, 0.2) is 42.1 Å². The molecule has 3 heteroatoms. The largest absolute Gasteiger partial charge is 0.508 e. The lowest BCUT2D eigenvalue weighted by molar-refractivity contribution is -0.118. The Kier molecular flexibility index (Phi) is 4.09. The molecule has 0 spiro atoms. The van der Waals surface area contributed by atoms with Gasteiger partial charge in [0, 0.05) is 6.42 Å². The Labute approximate surface area is 137 Å². The van der Waals surface area contributed by atoms with Crippen LogP contribution in [0.25, 0.3) is 10.9 Å². The highest BCUT2D eigenvalue weighted by atomic mass is 16.3. The van der Waals surface area contributed by atoms with Crippen molar-refractivity contribution in [2.24, 2.45) is 17.3 Å². The molecule has 1 N–H and O–H groups in total. The Morgan fingerprint density at radius 2 is 2.04 bits per heavy atom. The Bertz CT molecular complexity index is 708. The van der Waals surface area contributed by atoms with E-state index in [1.54, 1.807) is 12.1 Å². The van der Waals surface area contributed by atoms with Gasteiger partial charge in [0.2, 0.25) is 5.70 Å². The number of fused-ring (bicyclic) bond motifs is 1. The highest BCUT2D eigenvalue weighted by molar-refractivity contribution is 5.98. The summed E-state index contributed by atoms with van der Waals surface area (Å²) in [6.45, 7) is 9.37. The van der Waals surface area contributed by atoms with Gasteiger partial charge in [0.25, 0.3) is 0 Å². The summed E-state index contributed by atoms with van der Waals surface area (Å²) in [4.78, 5) is 15.3. The Morgan fingerprint density at radius 3 is 2.74 bits per heavy atom. The summed E-state index contributed by atoms with van der Waals surface area (Å²) in [5.74, 6) is 1.12. The second kappa shape index (κ2) is 6.04. The predicted molar refractivity (Wildman–Crippen MR) is 90.4 cm³/mol. The van der Waals surface area contributed by atoms with Crippen molar-refractivity contribution in [2.45, 2.75) is 32.6 Å². The molecule has 1 fully saturated rings. The minimum atomic E-state index is -0.0456. The average Bonchev–Trinajstić information content (AvgIpc) is 2.54. The van der Waals surface area contributed by atoms with Crippen LogP contribution in [0.3, 0.4) is 0 Å². The van der Waals surface area contributed by atoms with E-state index < -0.39 is 0 Å². The van der Waals surface area contributed by atoms with Crippen molar-refractivity contribution in [2.75, 3.05) is 0 Å². The number of nitrogens with zero attached hydrogens (tertiary/aromatic N) is 1. The second-order valence-electron chi connectivity index (χ2n) is 6.96. The van der Waals surface area contributed by atoms with Gasteiger partial charge in [-0.3, -0.25) is 0 Å². The fraction of sp³-hybridized carbons (Fsp3) is 0.400. The molecule has 0 saturated heterocycles. The number of ketones is 1. The van der Waals surface area contributed by atoms with Gasteiger partial charge >= 0.3 is 0 Å². The molecule has 1 aromatic carbocycles. The van der Waals surface area contributed by atoms with E-state index in [4.69, 9.17) is 6.57 Å². The van der Waals surface area contributed by atoms with E-state index in [0.717, 1.165) is 24.8 Å². The molecule has 0 radical (unpaired) electrons. The Hall–Kier alpha value is -2.34. The van der Waals surface area contributed by atoms with E-state index >= 15 is 0 Å². The molecule has 1 saturated carbocycles. The van der Waals surface area contributed by atoms with Crippen LogP contribution in [-0.4, -0.2) is 10.9 Å². The normalized spacial score (nSPS) is 30.6. The SMILES string of the molecule is [C-]#[N+]C1=C[C@]2(C)CC(/C=C/c3ccc(O)cc3)CCC2CC1=O. The summed E-state index contributed by atoms with van der Waals surface area (Å²) in [6.07, 6.45) is 9.89. The lowest BCUT2D eigenvalue weighted by Crippen LogP contribution is -2.37. The van der Waals surface area contributed by atoms with E-state index in [9.17, 15) is 9.90 Å². The number of phenolic OH excluding ortho intramolecular Hbond substituents is 1. The Balaban J connectivity index is 1.75. The van der Waals surface area contributed by atoms with Gasteiger partial charge in [-0.25, -0.2) is 4.85 Å². The molecule has 2 unspecified atom stereocenters. The summed E-state index contributed by atoms with van der Waals surface area (Å²) < 4.78 is 0. The maximum absolute atomic E-state index is 11.9. The molecule has 1 aromatic rings. The zero-order valence-electron chi connectivity index (χ0n) is 13.3. The number of Topliss-reactive ketones (excluding diaryl/α,β-unsaturated/α-hetero) is 1. The maximum Gasteiger partial charge on any atom is 0.225 e. The zero-order chi connectivity index (χ0) is 16.4. The molecular weight excluding hydrogens is 286 g/mol. The number of phenols is 1. The van der Waals surface area contributed by atoms with Crippen molar-refractivity contribution in [1.82, 2.24) is 0 Å². The fourth-order valence-electron chi connectivity index (χ4n) is 3.90. The van der Waals surface area contributed by atoms with E-state index in [-0.39, 0.29) is 16.9 Å². The van der Waals surface area contributed by atoms with E-state index in [1.807, 2.05) is 18.2 Å². The molecule has 0 amide bonds. The number of allylic oxidation sites excluding steroid dienone is 3. The standard InChI is InChI=1S/C20H21NO2/c1-20-12-15(4-3-14-6-9-17(22)10-7-14)5-8-16(20)11-19(23)18(13-20)21-2/h3-4,6-7,9-10,13,15-16,22H,5,8,11-12H2,1H3/b4-3+/t15?,16?,20-/m0/s1. The number of rotatable bonds is 2. The van der Waals surface area contributed by atoms with Crippen LogP contribution >= 0.6 is 0 Å². The lowest BCUT2D eigenvalue weighted by Gasteiger charge is -2.44. The minimum absolute atomic E-state index is 0.0144. The molecule has 2 aliphatic rings. The van der Waals surface area contributed by atoms with Crippen LogP contribution in [0, 0.1) is 23.8 Å². The van der Waals surface area contributed by atoms with Crippen molar-refractivity contribution < 1.29 is 9.90 Å². The van der Waals surface area contributed by atoms with Gasteiger partial charge in [-0.15, -0.1) is 0 Å². The predicted octanol–water partition coefficient (Wildman–Crippen LogP) is 4.60. The molecule has 0 heterocycles. The molecule has 0 aromatic heterocycles. The van der Waals surface area contributed by atoms with Crippen LogP contribution in [0.2, 0.25) is 0 Å². The Morgan fingerprint density at radius 1 is 1.30 bits per heavy atom. The minimum Gasteiger partial charge on any atom is -0.508 e. The monoisotopic (exact) mass is 307 g/mol. The maximum atomic E-state index is 11.9. The number of hydrogen-bond acceptors (Lipinski definition) is 2. The van der Waals surface area contributed by atoms with Crippen molar-refractivity contribution in [1.29, 1.82) is 0 Å². The molecular formula is C20H21NO2. The fourth-order valence-corrected chi connectivity index (χ4v) is 3.90. The topological polar surface area (TPSA) is 41.7 Å². The van der Waals surface area contributed by atoms with Crippen LogP contribution < -0.4 is 0 Å². The highest BCUT2D eigenvalue weighted by Gasteiger charge is 2.42. The van der Waals surface area contributed by atoms with Gasteiger partial charge < -0.3 is 9.90 Å². The molecule has 23 heavy (non-hydrogen) atoms. The average molecular weight is 307 g/mol. The van der Waals surface area contributed by atoms with E-state index in [0.29, 0.717) is 24.0 Å². The van der Waals surface area contributed by atoms with E-state index in [2.05, 4.69) is 23.9 Å². The summed E-state index contributed by atoms with van der Waals surface area (Å²) in [5.41, 5.74) is 1.36. The zero-order valence-corrected chi connectivity index (χ0v) is 13.3. The molecule has 2 aliphatic carbocycles. The molecule has 3 atom stereocenters. The van der Waals surface area contributed by atoms with Crippen LogP contribution in [0.1, 0.15) is 38.2 Å². The van der Waals surface area contributed by atoms with Gasteiger partial charge in [-0.2, -0.15) is 0 Å². The smallest absolute Gasteiger partial charge is 0.225 e. The first-order valence-corrected chi connectivity index (χ1v) is 8.11. The summed E-state index contributed by atoms with van der Waals surface area (Å²) in [6, 6.07) is 7.18. The first kappa shape index (κ1) is 15.6. The molecule has 3 rings (SSSR count). The molecule has 3 nitrogen and oxygen atoms in total. The third-order valence-corrected chi connectivity index (χ3v) is 5.28. The number of hydrogen-bond donors (Lipinski definition) is 1. The third kappa shape index (κ3) is 3.22. The van der Waals surface area contributed by atoms with Crippen molar-refractivity contribution in [3.05, 3.63) is 59.1 Å². The van der Waals surface area contributed by atoms with Crippen molar-refractivity contribution in [3.63, 3.8) is 0 Å². The van der Waals surface area contributed by atoms with Crippen LogP contribution in [-0.2, 0) is 4.79 Å². The summed E-state index contributed by atoms with van der Waals surface area (Å²) in [5, 5.41) is 9.32.